The number of hydrogen-bond donors (Lipinski definition) is 2. The molecule has 0 amide bonds. The molecule has 0 unspecified atom stereocenters. The summed E-state index contributed by atoms with van der Waals surface area (Å²) >= 11 is 5.22. The van der Waals surface area contributed by atoms with Gasteiger partial charge in [0, 0.05) is 6.54 Å². The van der Waals surface area contributed by atoms with E-state index in [1.807, 2.05) is 48.5 Å². The average Bonchev–Trinajstić information content (AvgIpc) is 2.59. The van der Waals surface area contributed by atoms with Crippen molar-refractivity contribution in [1.29, 1.82) is 0 Å². The van der Waals surface area contributed by atoms with Gasteiger partial charge in [-0.3, -0.25) is 5.01 Å². The van der Waals surface area contributed by atoms with Crippen LogP contribution in [0.5, 0.6) is 0 Å². The number of para-hydroxylation sites is 2. The van der Waals surface area contributed by atoms with Gasteiger partial charge >= 0.3 is 0 Å². The number of nitrogens with two attached hydrogens (primary N) is 1. The summed E-state index contributed by atoms with van der Waals surface area (Å²) in [7, 11) is 0. The van der Waals surface area contributed by atoms with Gasteiger partial charge in [-0.2, -0.15) is 0 Å². The van der Waals surface area contributed by atoms with Crippen molar-refractivity contribution in [2.75, 3.05) is 16.6 Å². The van der Waals surface area contributed by atoms with Gasteiger partial charge in [-0.1, -0.05) is 56.2 Å². The van der Waals surface area contributed by atoms with E-state index in [4.69, 9.17) is 18.0 Å². The first kappa shape index (κ1) is 17.2. The molecule has 2 aromatic rings. The maximum absolute atomic E-state index is 5.92. The minimum Gasteiger partial charge on any atom is -0.375 e. The molecule has 5 heteroatoms. The normalized spacial score (nSPS) is 10.3. The molecule has 23 heavy (non-hydrogen) atoms. The second kappa shape index (κ2) is 9.12. The summed E-state index contributed by atoms with van der Waals surface area (Å²) in [6.07, 6.45) is 3.46. The Morgan fingerprint density at radius 3 is 2.04 bits per heavy atom. The molecule has 0 spiro atoms. The lowest BCUT2D eigenvalue weighted by Crippen LogP contribution is -2.55. The van der Waals surface area contributed by atoms with Crippen LogP contribution in [0.4, 0.5) is 11.4 Å². The highest BCUT2D eigenvalue weighted by atomic mass is 32.1. The number of thiocarbonyl (C=S) groups is 1. The lowest BCUT2D eigenvalue weighted by molar-refractivity contribution is 0.600. The first-order chi connectivity index (χ1) is 11.2. The van der Waals surface area contributed by atoms with Gasteiger partial charge in [0.2, 0.25) is 0 Å². The van der Waals surface area contributed by atoms with Crippen LogP contribution in [0.25, 0.3) is 0 Å². The van der Waals surface area contributed by atoms with Gasteiger partial charge in [0.15, 0.2) is 5.11 Å². The molecule has 0 fully saturated rings. The number of rotatable bonds is 8. The standard InChI is InChI=1S/C18H24N4S/c1-2-3-10-15-21(16-11-6-4-7-12-16)20-22(18(19)23)17-13-8-5-9-14-17/h4-9,11-14,20H,2-3,10,15H2,1H3,(H2,19,23). The minimum atomic E-state index is 0.285. The fourth-order valence-corrected chi connectivity index (χ4v) is 2.44. The fourth-order valence-electron chi connectivity index (χ4n) is 2.30. The third-order valence-corrected chi connectivity index (χ3v) is 3.69. The lowest BCUT2D eigenvalue weighted by Gasteiger charge is -2.33. The van der Waals surface area contributed by atoms with E-state index in [0.29, 0.717) is 0 Å². The second-order valence-electron chi connectivity index (χ2n) is 5.30. The smallest absolute Gasteiger partial charge is 0.187 e. The molecule has 4 nitrogen and oxygen atoms in total. The van der Waals surface area contributed by atoms with E-state index >= 15 is 0 Å². The Kier molecular flexibility index (Phi) is 6.84. The number of hydrazine groups is 2. The number of unbranched alkanes of at least 4 members (excludes halogenated alkanes) is 2. The van der Waals surface area contributed by atoms with Gasteiger partial charge in [0.25, 0.3) is 0 Å². The molecular formula is C18H24N4S. The molecule has 0 aliphatic heterocycles. The van der Waals surface area contributed by atoms with E-state index in [-0.39, 0.29) is 5.11 Å². The molecular weight excluding hydrogens is 304 g/mol. The van der Waals surface area contributed by atoms with Crippen LogP contribution in [-0.4, -0.2) is 11.7 Å². The maximum Gasteiger partial charge on any atom is 0.187 e. The molecule has 0 atom stereocenters. The Labute approximate surface area is 143 Å². The Balaban J connectivity index is 2.18. The molecule has 0 bridgehead atoms. The zero-order chi connectivity index (χ0) is 16.5. The molecule has 0 saturated carbocycles. The van der Waals surface area contributed by atoms with Crippen molar-refractivity contribution in [2.45, 2.75) is 26.2 Å². The zero-order valence-electron chi connectivity index (χ0n) is 13.5. The summed E-state index contributed by atoms with van der Waals surface area (Å²) in [5.41, 5.74) is 11.3. The van der Waals surface area contributed by atoms with Crippen molar-refractivity contribution < 1.29 is 0 Å². The van der Waals surface area contributed by atoms with E-state index in [1.54, 1.807) is 5.01 Å². The number of benzene rings is 2. The third kappa shape index (κ3) is 5.23. The Hall–Kier alpha value is -2.11. The largest absolute Gasteiger partial charge is 0.375 e. The second-order valence-corrected chi connectivity index (χ2v) is 5.72. The molecule has 2 rings (SSSR count). The monoisotopic (exact) mass is 328 g/mol. The van der Waals surface area contributed by atoms with E-state index < -0.39 is 0 Å². The van der Waals surface area contributed by atoms with E-state index in [9.17, 15) is 0 Å². The number of nitrogens with one attached hydrogen (secondary N) is 1. The summed E-state index contributed by atoms with van der Waals surface area (Å²) in [4.78, 5) is 0. The van der Waals surface area contributed by atoms with Crippen LogP contribution in [-0.2, 0) is 0 Å². The highest BCUT2D eigenvalue weighted by Gasteiger charge is 2.14. The van der Waals surface area contributed by atoms with Crippen LogP contribution in [0, 0.1) is 0 Å². The van der Waals surface area contributed by atoms with Crippen LogP contribution in [0.2, 0.25) is 0 Å². The SMILES string of the molecule is CCCCCN(NN(C(N)=S)c1ccccc1)c1ccccc1. The predicted molar refractivity (Wildman–Crippen MR) is 102 cm³/mol. The molecule has 122 valence electrons. The minimum absolute atomic E-state index is 0.285. The van der Waals surface area contributed by atoms with Crippen molar-refractivity contribution >= 4 is 28.7 Å². The summed E-state index contributed by atoms with van der Waals surface area (Å²) in [5.74, 6) is 0. The van der Waals surface area contributed by atoms with Crippen LogP contribution >= 0.6 is 12.2 Å². The number of anilines is 2. The third-order valence-electron chi connectivity index (χ3n) is 3.51. The number of hydrogen-bond acceptors (Lipinski definition) is 3. The lowest BCUT2D eigenvalue weighted by atomic mass is 10.2. The van der Waals surface area contributed by atoms with Crippen molar-refractivity contribution in [3.8, 4) is 0 Å². The van der Waals surface area contributed by atoms with Crippen LogP contribution in [0.15, 0.2) is 60.7 Å². The fraction of sp³-hybridized carbons (Fsp3) is 0.278. The maximum atomic E-state index is 5.92. The molecule has 0 heterocycles. The first-order valence-corrected chi connectivity index (χ1v) is 8.36. The van der Waals surface area contributed by atoms with Crippen molar-refractivity contribution in [3.05, 3.63) is 60.7 Å². The van der Waals surface area contributed by atoms with Crippen LogP contribution < -0.4 is 21.3 Å². The van der Waals surface area contributed by atoms with E-state index in [1.165, 1.54) is 12.8 Å². The summed E-state index contributed by atoms with van der Waals surface area (Å²) < 4.78 is 0. The summed E-state index contributed by atoms with van der Waals surface area (Å²) in [5, 5.41) is 4.10. The van der Waals surface area contributed by atoms with Gasteiger partial charge in [-0.25, -0.2) is 5.01 Å². The highest BCUT2D eigenvalue weighted by Crippen LogP contribution is 2.16. The topological polar surface area (TPSA) is 44.5 Å². The van der Waals surface area contributed by atoms with E-state index in [0.717, 1.165) is 24.3 Å². The average molecular weight is 328 g/mol. The summed E-state index contributed by atoms with van der Waals surface area (Å²) in [6, 6.07) is 20.0. The molecule has 0 radical (unpaired) electrons. The van der Waals surface area contributed by atoms with E-state index in [2.05, 4.69) is 29.6 Å². The van der Waals surface area contributed by atoms with Crippen molar-refractivity contribution in [3.63, 3.8) is 0 Å². The molecule has 0 saturated heterocycles. The van der Waals surface area contributed by atoms with Crippen molar-refractivity contribution in [2.24, 2.45) is 5.73 Å². The Bertz CT molecular complexity index is 588. The Morgan fingerprint density at radius 1 is 0.957 bits per heavy atom. The quantitative estimate of drug-likeness (QED) is 0.438. The van der Waals surface area contributed by atoms with Gasteiger partial charge < -0.3 is 5.73 Å². The molecule has 3 N–H and O–H groups in total. The molecule has 0 aliphatic carbocycles. The van der Waals surface area contributed by atoms with Crippen molar-refractivity contribution in [1.82, 2.24) is 5.53 Å². The molecule has 0 aromatic heterocycles. The first-order valence-electron chi connectivity index (χ1n) is 7.96. The van der Waals surface area contributed by atoms with Crippen LogP contribution in [0.1, 0.15) is 26.2 Å². The number of nitrogens with zero attached hydrogens (tertiary/aromatic N) is 2. The zero-order valence-corrected chi connectivity index (χ0v) is 14.3. The molecule has 2 aromatic carbocycles. The predicted octanol–water partition coefficient (Wildman–Crippen LogP) is 3.85. The Morgan fingerprint density at radius 2 is 1.52 bits per heavy atom. The highest BCUT2D eigenvalue weighted by molar-refractivity contribution is 7.80. The van der Waals surface area contributed by atoms with Gasteiger partial charge in [-0.05, 0) is 42.9 Å². The van der Waals surface area contributed by atoms with Crippen LogP contribution in [0.3, 0.4) is 0 Å². The van der Waals surface area contributed by atoms with Gasteiger partial charge in [-0.15, -0.1) is 5.53 Å². The van der Waals surface area contributed by atoms with Gasteiger partial charge in [0.1, 0.15) is 0 Å². The molecule has 0 aliphatic rings. The van der Waals surface area contributed by atoms with Gasteiger partial charge in [0.05, 0.1) is 11.4 Å². The summed E-state index contributed by atoms with van der Waals surface area (Å²) in [6.45, 7) is 3.08.